The summed E-state index contributed by atoms with van der Waals surface area (Å²) < 4.78 is 0. The number of allylic oxidation sites excluding steroid dienone is 1. The lowest BCUT2D eigenvalue weighted by Crippen LogP contribution is -2.34. The summed E-state index contributed by atoms with van der Waals surface area (Å²) in [6.45, 7) is 4.59. The van der Waals surface area contributed by atoms with Gasteiger partial charge < -0.3 is 10.1 Å². The number of likely N-dealkylation sites (tertiary alicyclic amines) is 1. The summed E-state index contributed by atoms with van der Waals surface area (Å²) in [5, 5.41) is 19.8. The maximum atomic E-state index is 10.4. The van der Waals surface area contributed by atoms with Gasteiger partial charge in [0.05, 0.1) is 17.6 Å². The molecule has 1 aliphatic rings. The number of H-pyrrole nitrogens is 1. The summed E-state index contributed by atoms with van der Waals surface area (Å²) in [6.07, 6.45) is 2.28. The van der Waals surface area contributed by atoms with Gasteiger partial charge in [-0.15, -0.1) is 0 Å². The number of imidazole rings is 1. The van der Waals surface area contributed by atoms with Crippen LogP contribution in [0.15, 0.2) is 30.0 Å². The summed E-state index contributed by atoms with van der Waals surface area (Å²) in [5.41, 5.74) is 1.89. The Labute approximate surface area is 129 Å². The molecule has 5 heteroatoms. The molecule has 1 aromatic carbocycles. The Morgan fingerprint density at radius 1 is 1.41 bits per heavy atom. The number of rotatable bonds is 3. The third-order valence-corrected chi connectivity index (χ3v) is 4.28. The van der Waals surface area contributed by atoms with Gasteiger partial charge in [-0.3, -0.25) is 4.90 Å². The molecule has 0 unspecified atom stereocenters. The average Bonchev–Trinajstić information content (AvgIpc) is 2.94. The van der Waals surface area contributed by atoms with Crippen LogP contribution >= 0.6 is 0 Å². The summed E-state index contributed by atoms with van der Waals surface area (Å²) in [4.78, 5) is 9.69. The number of nitrogens with zero attached hydrogens (tertiary/aromatic N) is 3. The van der Waals surface area contributed by atoms with Crippen molar-refractivity contribution in [3.05, 3.63) is 35.8 Å². The smallest absolute Gasteiger partial charge is 0.152 e. The first-order chi connectivity index (χ1) is 10.7. The molecule has 0 radical (unpaired) electrons. The average molecular weight is 296 g/mol. The summed E-state index contributed by atoms with van der Waals surface area (Å²) in [5.74, 6) is 1.27. The van der Waals surface area contributed by atoms with E-state index in [4.69, 9.17) is 0 Å². The Hall–Kier alpha value is -2.32. The molecule has 1 saturated heterocycles. The lowest BCUT2D eigenvalue weighted by Gasteiger charge is -2.29. The number of nitrogens with one attached hydrogen (secondary N) is 1. The maximum Gasteiger partial charge on any atom is 0.152 e. The Morgan fingerprint density at radius 3 is 2.82 bits per heavy atom. The van der Waals surface area contributed by atoms with E-state index in [0.29, 0.717) is 12.4 Å². The molecule has 2 aromatic rings. The maximum absolute atomic E-state index is 10.4. The lowest BCUT2D eigenvalue weighted by molar-refractivity contribution is 0.185. The number of fused-ring (bicyclic) bond motifs is 1. The van der Waals surface area contributed by atoms with E-state index in [2.05, 4.69) is 27.9 Å². The van der Waals surface area contributed by atoms with Crippen LogP contribution in [0.1, 0.15) is 25.6 Å². The Morgan fingerprint density at radius 2 is 2.14 bits per heavy atom. The fourth-order valence-corrected chi connectivity index (χ4v) is 2.84. The second-order valence-corrected chi connectivity index (χ2v) is 5.99. The van der Waals surface area contributed by atoms with Crippen LogP contribution in [0, 0.1) is 17.2 Å². The fourth-order valence-electron chi connectivity index (χ4n) is 2.84. The van der Waals surface area contributed by atoms with E-state index < -0.39 is 0 Å². The molecule has 0 bridgehead atoms. The van der Waals surface area contributed by atoms with E-state index in [0.717, 1.165) is 42.9 Å². The second-order valence-electron chi connectivity index (χ2n) is 5.99. The molecule has 0 amide bonds. The van der Waals surface area contributed by atoms with Gasteiger partial charge in [0.1, 0.15) is 17.4 Å². The van der Waals surface area contributed by atoms with E-state index in [1.54, 1.807) is 0 Å². The van der Waals surface area contributed by atoms with Crippen LogP contribution in [0.25, 0.3) is 16.6 Å². The molecule has 0 atom stereocenters. The van der Waals surface area contributed by atoms with Crippen molar-refractivity contribution in [2.24, 2.45) is 5.92 Å². The van der Waals surface area contributed by atoms with Crippen LogP contribution in [0.5, 0.6) is 0 Å². The third kappa shape index (κ3) is 2.97. The van der Waals surface area contributed by atoms with Crippen molar-refractivity contribution in [3.63, 3.8) is 0 Å². The van der Waals surface area contributed by atoms with E-state index in [9.17, 15) is 10.4 Å². The van der Waals surface area contributed by atoms with Gasteiger partial charge in [-0.05, 0) is 44.0 Å². The minimum absolute atomic E-state index is 0.0936. The van der Waals surface area contributed by atoms with Crippen LogP contribution in [0.4, 0.5) is 0 Å². The first kappa shape index (κ1) is 14.6. The van der Waals surface area contributed by atoms with Gasteiger partial charge >= 0.3 is 0 Å². The standard InChI is InChI=1S/C17H20N4O/c1-12-6-8-21(9-7-12)11-16(22)13(10-18)17-19-14-4-2-3-5-15(14)20-17/h2-5,12,22H,6-9,11H2,1H3,(H,19,20)/b16-13-. The van der Waals surface area contributed by atoms with E-state index in [1.165, 1.54) is 0 Å². The number of aromatic amines is 1. The summed E-state index contributed by atoms with van der Waals surface area (Å²) >= 11 is 0. The minimum atomic E-state index is 0.0936. The van der Waals surface area contributed by atoms with Gasteiger partial charge in [-0.2, -0.15) is 5.26 Å². The molecule has 1 aromatic heterocycles. The monoisotopic (exact) mass is 296 g/mol. The molecule has 0 saturated carbocycles. The first-order valence-electron chi connectivity index (χ1n) is 7.67. The second kappa shape index (κ2) is 6.20. The number of benzene rings is 1. The van der Waals surface area contributed by atoms with Crippen molar-refractivity contribution in [3.8, 4) is 6.07 Å². The van der Waals surface area contributed by atoms with Crippen molar-refractivity contribution >= 4 is 16.6 Å². The molecule has 3 rings (SSSR count). The van der Waals surface area contributed by atoms with Crippen molar-refractivity contribution in [1.29, 1.82) is 5.26 Å². The van der Waals surface area contributed by atoms with Gasteiger partial charge in [-0.1, -0.05) is 19.1 Å². The molecule has 0 spiro atoms. The highest BCUT2D eigenvalue weighted by atomic mass is 16.3. The van der Waals surface area contributed by atoms with Gasteiger partial charge in [-0.25, -0.2) is 4.98 Å². The Balaban J connectivity index is 1.83. The molecule has 1 fully saturated rings. The molecule has 5 nitrogen and oxygen atoms in total. The Bertz CT molecular complexity index is 699. The van der Waals surface area contributed by atoms with Crippen molar-refractivity contribution < 1.29 is 5.11 Å². The van der Waals surface area contributed by atoms with Crippen LogP contribution < -0.4 is 0 Å². The minimum Gasteiger partial charge on any atom is -0.509 e. The number of hydrogen-bond donors (Lipinski definition) is 2. The molecular weight excluding hydrogens is 276 g/mol. The number of hydrogen-bond acceptors (Lipinski definition) is 4. The molecule has 22 heavy (non-hydrogen) atoms. The number of piperidine rings is 1. The number of para-hydroxylation sites is 2. The molecule has 114 valence electrons. The normalized spacial score (nSPS) is 18.2. The highest BCUT2D eigenvalue weighted by molar-refractivity contribution is 5.82. The fraction of sp³-hybridized carbons (Fsp3) is 0.412. The number of aromatic nitrogens is 2. The zero-order valence-corrected chi connectivity index (χ0v) is 12.7. The molecule has 2 heterocycles. The zero-order valence-electron chi connectivity index (χ0n) is 12.7. The predicted molar refractivity (Wildman–Crippen MR) is 86.1 cm³/mol. The van der Waals surface area contributed by atoms with Gasteiger partial charge in [0.15, 0.2) is 5.82 Å². The quantitative estimate of drug-likeness (QED) is 0.674. The lowest BCUT2D eigenvalue weighted by atomic mass is 9.99. The van der Waals surface area contributed by atoms with Crippen LogP contribution in [0.3, 0.4) is 0 Å². The molecular formula is C17H20N4O. The van der Waals surface area contributed by atoms with E-state index in [-0.39, 0.29) is 11.3 Å². The third-order valence-electron chi connectivity index (χ3n) is 4.28. The van der Waals surface area contributed by atoms with Crippen LogP contribution in [-0.2, 0) is 0 Å². The predicted octanol–water partition coefficient (Wildman–Crippen LogP) is 3.09. The largest absolute Gasteiger partial charge is 0.509 e. The SMILES string of the molecule is CC1CCN(C/C(O)=C(\C#N)c2nc3ccccc3[nH]2)CC1. The molecule has 2 N–H and O–H groups in total. The topological polar surface area (TPSA) is 75.9 Å². The number of aliphatic hydroxyl groups is 1. The van der Waals surface area contributed by atoms with Crippen molar-refractivity contribution in [2.75, 3.05) is 19.6 Å². The molecule has 0 aliphatic carbocycles. The van der Waals surface area contributed by atoms with Crippen molar-refractivity contribution in [2.45, 2.75) is 19.8 Å². The number of aliphatic hydroxyl groups excluding tert-OH is 1. The molecule has 1 aliphatic heterocycles. The first-order valence-corrected chi connectivity index (χ1v) is 7.67. The van der Waals surface area contributed by atoms with Gasteiger partial charge in [0.2, 0.25) is 0 Å². The van der Waals surface area contributed by atoms with Crippen LogP contribution in [-0.4, -0.2) is 39.6 Å². The van der Waals surface area contributed by atoms with Crippen molar-refractivity contribution in [1.82, 2.24) is 14.9 Å². The summed E-state index contributed by atoms with van der Waals surface area (Å²) in [7, 11) is 0. The van der Waals surface area contributed by atoms with Gasteiger partial charge in [0, 0.05) is 0 Å². The van der Waals surface area contributed by atoms with Gasteiger partial charge in [0.25, 0.3) is 0 Å². The Kier molecular flexibility index (Phi) is 4.12. The highest BCUT2D eigenvalue weighted by Crippen LogP contribution is 2.21. The van der Waals surface area contributed by atoms with E-state index >= 15 is 0 Å². The zero-order chi connectivity index (χ0) is 15.5. The van der Waals surface area contributed by atoms with E-state index in [1.807, 2.05) is 24.3 Å². The highest BCUT2D eigenvalue weighted by Gasteiger charge is 2.19. The summed E-state index contributed by atoms with van der Waals surface area (Å²) in [6, 6.07) is 9.69. The van der Waals surface area contributed by atoms with Crippen LogP contribution in [0.2, 0.25) is 0 Å². The number of nitriles is 1.